The van der Waals surface area contributed by atoms with E-state index in [1.807, 2.05) is 0 Å². The Morgan fingerprint density at radius 1 is 1.26 bits per heavy atom. The number of rotatable bonds is 7. The van der Waals surface area contributed by atoms with Gasteiger partial charge in [-0.3, -0.25) is 0 Å². The first-order valence-electron chi connectivity index (χ1n) is 5.42. The number of benzene rings is 1. The molecule has 0 aliphatic rings. The topological polar surface area (TPSA) is 55.4 Å². The van der Waals surface area contributed by atoms with Gasteiger partial charge in [-0.05, 0) is 24.6 Å². The quantitative estimate of drug-likeness (QED) is 0.772. The minimum atomic E-state index is -3.71. The van der Waals surface area contributed by atoms with Crippen molar-refractivity contribution in [2.45, 2.75) is 17.4 Å². The largest absolute Gasteiger partial charge is 0.385 e. The highest BCUT2D eigenvalue weighted by molar-refractivity contribution is 7.89. The van der Waals surface area contributed by atoms with Crippen molar-refractivity contribution in [2.75, 3.05) is 19.6 Å². The fraction of sp³-hybridized carbons (Fsp3) is 0.455. The summed E-state index contributed by atoms with van der Waals surface area (Å²) in [4.78, 5) is 0.0116. The molecule has 0 radical (unpaired) electrons. The molecule has 0 bridgehead atoms. The molecule has 0 saturated heterocycles. The van der Waals surface area contributed by atoms with Gasteiger partial charge in [0.2, 0.25) is 10.0 Å². The third-order valence-corrected chi connectivity index (χ3v) is 4.63. The van der Waals surface area contributed by atoms with Crippen molar-refractivity contribution in [1.82, 2.24) is 4.72 Å². The van der Waals surface area contributed by atoms with E-state index in [1.165, 1.54) is 25.3 Å². The Bertz CT molecular complexity index is 502. The van der Waals surface area contributed by atoms with E-state index in [0.29, 0.717) is 13.0 Å². The molecule has 0 fully saturated rings. The smallest absolute Gasteiger partial charge is 0.240 e. The van der Waals surface area contributed by atoms with Gasteiger partial charge in [-0.2, -0.15) is 0 Å². The number of sulfonamides is 1. The van der Waals surface area contributed by atoms with Crippen molar-refractivity contribution >= 4 is 44.8 Å². The Morgan fingerprint density at radius 3 is 2.32 bits per heavy atom. The summed E-state index contributed by atoms with van der Waals surface area (Å²) in [6.07, 6.45) is 0.480. The van der Waals surface area contributed by atoms with Crippen LogP contribution in [0.15, 0.2) is 23.1 Å². The summed E-state index contributed by atoms with van der Waals surface area (Å²) >= 11 is 17.3. The molecule has 0 aliphatic carbocycles. The first-order valence-corrected chi connectivity index (χ1v) is 8.19. The third kappa shape index (κ3) is 5.45. The molecule has 19 heavy (non-hydrogen) atoms. The molecule has 1 unspecified atom stereocenters. The van der Waals surface area contributed by atoms with Gasteiger partial charge in [0.15, 0.2) is 0 Å². The van der Waals surface area contributed by atoms with E-state index in [1.54, 1.807) is 0 Å². The van der Waals surface area contributed by atoms with Gasteiger partial charge in [-0.15, -0.1) is 11.6 Å². The standard InChI is InChI=1S/C11H14Cl3NO3S/c1-18-3-2-10(7-12)15-19(16,17)11-5-8(13)4-9(14)6-11/h4-6,10,15H,2-3,7H2,1H3. The van der Waals surface area contributed by atoms with Crippen LogP contribution in [0.2, 0.25) is 10.0 Å². The third-order valence-electron chi connectivity index (χ3n) is 2.32. The lowest BCUT2D eigenvalue weighted by Crippen LogP contribution is -2.37. The Balaban J connectivity index is 2.90. The number of alkyl halides is 1. The molecule has 0 aromatic heterocycles. The number of hydrogen-bond donors (Lipinski definition) is 1. The second kappa shape index (κ2) is 7.67. The van der Waals surface area contributed by atoms with Crippen LogP contribution in [0.25, 0.3) is 0 Å². The first kappa shape index (κ1) is 17.0. The molecule has 0 saturated carbocycles. The zero-order valence-corrected chi connectivity index (χ0v) is 13.3. The predicted octanol–water partition coefficient (Wildman–Crippen LogP) is 2.92. The predicted molar refractivity (Wildman–Crippen MR) is 77.8 cm³/mol. The maximum absolute atomic E-state index is 12.1. The normalized spacial score (nSPS) is 13.5. The molecule has 0 amide bonds. The van der Waals surface area contributed by atoms with Crippen LogP contribution in [0.5, 0.6) is 0 Å². The zero-order chi connectivity index (χ0) is 14.5. The average Bonchev–Trinajstić information content (AvgIpc) is 2.33. The highest BCUT2D eigenvalue weighted by atomic mass is 35.5. The summed E-state index contributed by atoms with van der Waals surface area (Å²) in [5, 5.41) is 0.513. The fourth-order valence-corrected chi connectivity index (χ4v) is 3.72. The van der Waals surface area contributed by atoms with Crippen LogP contribution >= 0.6 is 34.8 Å². The first-order chi connectivity index (χ1) is 8.89. The molecule has 4 nitrogen and oxygen atoms in total. The molecule has 108 valence electrons. The van der Waals surface area contributed by atoms with Crippen molar-refractivity contribution in [3.63, 3.8) is 0 Å². The number of halogens is 3. The molecule has 1 aromatic carbocycles. The molecular weight excluding hydrogens is 333 g/mol. The van der Waals surface area contributed by atoms with Crippen LogP contribution in [0.3, 0.4) is 0 Å². The van der Waals surface area contributed by atoms with Crippen molar-refractivity contribution in [1.29, 1.82) is 0 Å². The van der Waals surface area contributed by atoms with Crippen molar-refractivity contribution in [3.8, 4) is 0 Å². The molecule has 0 heterocycles. The summed E-state index contributed by atoms with van der Waals surface area (Å²) < 4.78 is 31.7. The van der Waals surface area contributed by atoms with Crippen molar-refractivity contribution in [3.05, 3.63) is 28.2 Å². The maximum atomic E-state index is 12.1. The summed E-state index contributed by atoms with van der Waals surface area (Å²) in [6.45, 7) is 0.413. The molecule has 1 N–H and O–H groups in total. The van der Waals surface area contributed by atoms with E-state index in [-0.39, 0.29) is 20.8 Å². The van der Waals surface area contributed by atoms with E-state index < -0.39 is 16.1 Å². The summed E-state index contributed by atoms with van der Waals surface area (Å²) in [5.74, 6) is 0.150. The van der Waals surface area contributed by atoms with Crippen LogP contribution in [0.1, 0.15) is 6.42 Å². The Kier molecular flexibility index (Phi) is 6.86. The SMILES string of the molecule is COCCC(CCl)NS(=O)(=O)c1cc(Cl)cc(Cl)c1. The molecule has 8 heteroatoms. The Morgan fingerprint density at radius 2 is 1.84 bits per heavy atom. The molecule has 0 aliphatic heterocycles. The number of nitrogens with one attached hydrogen (secondary N) is 1. The Labute approximate surface area is 128 Å². The van der Waals surface area contributed by atoms with Gasteiger partial charge in [0.05, 0.1) is 4.90 Å². The lowest BCUT2D eigenvalue weighted by Gasteiger charge is -2.16. The fourth-order valence-electron chi connectivity index (χ4n) is 1.40. The average molecular weight is 347 g/mol. The van der Waals surface area contributed by atoms with Crippen LogP contribution in [0.4, 0.5) is 0 Å². The molecule has 1 rings (SSSR count). The number of hydrogen-bond acceptors (Lipinski definition) is 3. The van der Waals surface area contributed by atoms with Gasteiger partial charge < -0.3 is 4.74 Å². The van der Waals surface area contributed by atoms with Crippen LogP contribution < -0.4 is 4.72 Å². The van der Waals surface area contributed by atoms with Crippen molar-refractivity contribution < 1.29 is 13.2 Å². The maximum Gasteiger partial charge on any atom is 0.240 e. The van der Waals surface area contributed by atoms with Gasteiger partial charge in [0.1, 0.15) is 0 Å². The van der Waals surface area contributed by atoms with E-state index in [9.17, 15) is 8.42 Å². The molecular formula is C11H14Cl3NO3S. The van der Waals surface area contributed by atoms with Gasteiger partial charge in [-0.25, -0.2) is 13.1 Å². The van der Waals surface area contributed by atoms with Gasteiger partial charge in [-0.1, -0.05) is 23.2 Å². The van der Waals surface area contributed by atoms with E-state index in [4.69, 9.17) is 39.5 Å². The van der Waals surface area contributed by atoms with E-state index >= 15 is 0 Å². The highest BCUT2D eigenvalue weighted by Gasteiger charge is 2.20. The minimum absolute atomic E-state index is 0.0116. The number of ether oxygens (including phenoxy) is 1. The van der Waals surface area contributed by atoms with Gasteiger partial charge >= 0.3 is 0 Å². The number of methoxy groups -OCH3 is 1. The zero-order valence-electron chi connectivity index (χ0n) is 10.2. The minimum Gasteiger partial charge on any atom is -0.385 e. The van der Waals surface area contributed by atoms with E-state index in [2.05, 4.69) is 4.72 Å². The monoisotopic (exact) mass is 345 g/mol. The Hall–Kier alpha value is -0.0400. The lowest BCUT2D eigenvalue weighted by atomic mass is 10.3. The molecule has 0 spiro atoms. The van der Waals surface area contributed by atoms with Gasteiger partial charge in [0, 0.05) is 35.7 Å². The van der Waals surface area contributed by atoms with Crippen LogP contribution in [0, 0.1) is 0 Å². The summed E-state index contributed by atoms with van der Waals surface area (Å²) in [7, 11) is -2.17. The second-order valence-electron chi connectivity index (χ2n) is 3.86. The molecule has 1 aromatic rings. The van der Waals surface area contributed by atoms with Crippen LogP contribution in [-0.4, -0.2) is 34.1 Å². The molecule has 1 atom stereocenters. The summed E-state index contributed by atoms with van der Waals surface area (Å²) in [6, 6.07) is 3.71. The van der Waals surface area contributed by atoms with Crippen molar-refractivity contribution in [2.24, 2.45) is 0 Å². The summed E-state index contributed by atoms with van der Waals surface area (Å²) in [5.41, 5.74) is 0. The lowest BCUT2D eigenvalue weighted by molar-refractivity contribution is 0.188. The second-order valence-corrected chi connectivity index (χ2v) is 6.75. The highest BCUT2D eigenvalue weighted by Crippen LogP contribution is 2.22. The van der Waals surface area contributed by atoms with E-state index in [0.717, 1.165) is 0 Å². The van der Waals surface area contributed by atoms with Gasteiger partial charge in [0.25, 0.3) is 0 Å². The van der Waals surface area contributed by atoms with Crippen LogP contribution in [-0.2, 0) is 14.8 Å².